The number of rotatable bonds is 8. The molecule has 1 radical (unpaired) electrons. The summed E-state index contributed by atoms with van der Waals surface area (Å²) in [7, 11) is 0. The summed E-state index contributed by atoms with van der Waals surface area (Å²) in [6.45, 7) is 6.70. The van der Waals surface area contributed by atoms with Crippen LogP contribution in [0.25, 0.3) is 0 Å². The molecule has 44 heavy (non-hydrogen) atoms. The first kappa shape index (κ1) is 37.2. The zero-order valence-electron chi connectivity index (χ0n) is 23.1. The van der Waals surface area contributed by atoms with Gasteiger partial charge in [0, 0.05) is 54.1 Å². The topological polar surface area (TPSA) is 269 Å². The molecule has 0 atom stereocenters. The zero-order chi connectivity index (χ0) is 31.1. The normalized spacial score (nSPS) is 10.6. The molecule has 0 fully saturated rings. The second kappa shape index (κ2) is 16.1. The number of phenols is 2. The molecular formula is C23H26CoN10O8S2. The van der Waals surface area contributed by atoms with Gasteiger partial charge in [-0.3, -0.25) is 24.8 Å². The number of aromatic amines is 2. The van der Waals surface area contributed by atoms with Crippen LogP contribution in [-0.4, -0.2) is 49.7 Å². The third-order valence-corrected chi connectivity index (χ3v) is 6.29. The number of benzene rings is 2. The number of H-pyrrole nitrogens is 2. The SMILES string of the molecule is CCn1c(C)c(N=Nc2cc([N+](=O)[O-])ccc2O)[nH]c1=S.CCn1c(O)c(N=Nc2cc([N+](=O)[O-])ccc2O)[nH]c1=S.O.[Co]. The van der Waals surface area contributed by atoms with Crippen molar-refractivity contribution in [1.29, 1.82) is 0 Å². The Morgan fingerprint density at radius 3 is 1.57 bits per heavy atom. The quantitative estimate of drug-likeness (QED) is 0.0592. The third kappa shape index (κ3) is 8.60. The van der Waals surface area contributed by atoms with Crippen molar-refractivity contribution in [3.63, 3.8) is 0 Å². The summed E-state index contributed by atoms with van der Waals surface area (Å²) in [5, 5.41) is 65.7. The van der Waals surface area contributed by atoms with Gasteiger partial charge in [-0.25, -0.2) is 0 Å². The molecule has 0 spiro atoms. The van der Waals surface area contributed by atoms with Crippen LogP contribution < -0.4 is 0 Å². The Labute approximate surface area is 268 Å². The fourth-order valence-corrected chi connectivity index (χ4v) is 4.12. The van der Waals surface area contributed by atoms with E-state index in [4.69, 9.17) is 24.4 Å². The maximum atomic E-state index is 10.7. The van der Waals surface area contributed by atoms with Crippen molar-refractivity contribution in [1.82, 2.24) is 19.1 Å². The monoisotopic (exact) mass is 693 g/mol. The Morgan fingerprint density at radius 2 is 1.18 bits per heavy atom. The molecule has 0 aliphatic rings. The smallest absolute Gasteiger partial charge is 0.271 e. The summed E-state index contributed by atoms with van der Waals surface area (Å²) in [6, 6.07) is 6.92. The van der Waals surface area contributed by atoms with Crippen molar-refractivity contribution >= 4 is 58.8 Å². The van der Waals surface area contributed by atoms with Gasteiger partial charge in [0.25, 0.3) is 11.4 Å². The number of nitrogens with one attached hydrogen (secondary N) is 2. The van der Waals surface area contributed by atoms with E-state index < -0.39 is 9.85 Å². The van der Waals surface area contributed by atoms with Gasteiger partial charge in [0.15, 0.2) is 15.4 Å². The van der Waals surface area contributed by atoms with Crippen LogP contribution in [0.1, 0.15) is 19.5 Å². The minimum Gasteiger partial charge on any atom is -0.506 e. The molecule has 0 bridgehead atoms. The number of azo groups is 2. The number of hydrogen-bond donors (Lipinski definition) is 5. The molecular weight excluding hydrogens is 667 g/mol. The second-order valence-electron chi connectivity index (χ2n) is 8.22. The van der Waals surface area contributed by atoms with Crippen molar-refractivity contribution in [3.05, 3.63) is 71.9 Å². The summed E-state index contributed by atoms with van der Waals surface area (Å²) in [6.07, 6.45) is 0. The van der Waals surface area contributed by atoms with E-state index in [0.717, 1.165) is 30.0 Å². The van der Waals surface area contributed by atoms with E-state index in [9.17, 15) is 35.5 Å². The Hall–Kier alpha value is -4.83. The van der Waals surface area contributed by atoms with Crippen molar-refractivity contribution in [2.75, 3.05) is 0 Å². The fourth-order valence-electron chi connectivity index (χ4n) is 3.45. The molecule has 0 unspecified atom stereocenters. The van der Waals surface area contributed by atoms with Crippen molar-refractivity contribution < 1.29 is 47.4 Å². The van der Waals surface area contributed by atoms with E-state index in [2.05, 4.69) is 30.4 Å². The third-order valence-electron chi connectivity index (χ3n) is 5.64. The zero-order valence-corrected chi connectivity index (χ0v) is 25.8. The molecule has 0 saturated heterocycles. The predicted octanol–water partition coefficient (Wildman–Crippen LogP) is 6.38. The summed E-state index contributed by atoms with van der Waals surface area (Å²) in [5.74, 6) is -0.190. The minimum absolute atomic E-state index is 0. The molecule has 0 saturated carbocycles. The van der Waals surface area contributed by atoms with E-state index in [-0.39, 0.29) is 73.0 Å². The molecule has 21 heteroatoms. The maximum absolute atomic E-state index is 10.7. The molecule has 237 valence electrons. The summed E-state index contributed by atoms with van der Waals surface area (Å²) in [5.41, 5.74) is 0.332. The molecule has 2 heterocycles. The summed E-state index contributed by atoms with van der Waals surface area (Å²) in [4.78, 5) is 25.7. The maximum Gasteiger partial charge on any atom is 0.271 e. The average Bonchev–Trinajstić information content (AvgIpc) is 3.39. The van der Waals surface area contributed by atoms with Gasteiger partial charge in [-0.05, 0) is 57.3 Å². The van der Waals surface area contributed by atoms with Crippen LogP contribution in [0, 0.1) is 36.7 Å². The molecule has 2 aromatic heterocycles. The van der Waals surface area contributed by atoms with Gasteiger partial charge >= 0.3 is 0 Å². The Kier molecular flexibility index (Phi) is 13.6. The first-order valence-corrected chi connectivity index (χ1v) is 12.8. The summed E-state index contributed by atoms with van der Waals surface area (Å²) >= 11 is 10.1. The Balaban J connectivity index is 0.000000421. The Bertz CT molecular complexity index is 1700. The largest absolute Gasteiger partial charge is 0.506 e. The Morgan fingerprint density at radius 1 is 0.773 bits per heavy atom. The fraction of sp³-hybridized carbons (Fsp3) is 0.217. The number of aromatic hydroxyl groups is 3. The molecule has 0 amide bonds. The van der Waals surface area contributed by atoms with Gasteiger partial charge < -0.3 is 35.3 Å². The second-order valence-corrected chi connectivity index (χ2v) is 8.99. The number of nitrogens with zero attached hydrogens (tertiary/aromatic N) is 8. The first-order chi connectivity index (χ1) is 19.9. The van der Waals surface area contributed by atoms with Crippen LogP contribution in [0.2, 0.25) is 0 Å². The molecule has 7 N–H and O–H groups in total. The minimum atomic E-state index is -0.614. The first-order valence-electron chi connectivity index (χ1n) is 12.0. The van der Waals surface area contributed by atoms with Gasteiger partial charge in [0.05, 0.1) is 15.5 Å². The molecule has 4 aromatic rings. The van der Waals surface area contributed by atoms with Crippen LogP contribution in [0.15, 0.2) is 56.9 Å². The molecule has 18 nitrogen and oxygen atoms in total. The van der Waals surface area contributed by atoms with E-state index >= 15 is 0 Å². The van der Waals surface area contributed by atoms with Gasteiger partial charge in [-0.1, -0.05) is 0 Å². The van der Waals surface area contributed by atoms with Crippen molar-refractivity contribution in [3.8, 4) is 17.4 Å². The van der Waals surface area contributed by atoms with Crippen LogP contribution in [0.5, 0.6) is 17.4 Å². The molecule has 4 rings (SSSR count). The van der Waals surface area contributed by atoms with Gasteiger partial charge in [-0.2, -0.15) is 0 Å². The van der Waals surface area contributed by atoms with Gasteiger partial charge in [0.2, 0.25) is 11.7 Å². The average molecular weight is 694 g/mol. The number of hydrogen-bond acceptors (Lipinski definition) is 13. The van der Waals surface area contributed by atoms with Gasteiger partial charge in [-0.15, -0.1) is 20.5 Å². The van der Waals surface area contributed by atoms with Crippen molar-refractivity contribution in [2.45, 2.75) is 33.9 Å². The van der Waals surface area contributed by atoms with Gasteiger partial charge in [0.1, 0.15) is 22.9 Å². The number of aromatic nitrogens is 4. The molecule has 0 aliphatic carbocycles. The number of imidazole rings is 2. The van der Waals surface area contributed by atoms with Crippen LogP contribution in [-0.2, 0) is 29.9 Å². The standard InChI is InChI=1S/C12H13N5O3S.C11H11N5O4S.Co.H2O/c1-3-16-7(2)11(13-12(16)21)15-14-9-6-8(17(19)20)4-5-10(9)18;1-2-15-10(18)9(12-11(15)21)14-13-7-5-6(16(19)20)3-4-8(7)17;;/h4-6,18H,3H2,1-2H3,(H,13,21);3-5,17-18H,2H2,1H3,(H,12,21);;1H2. The van der Waals surface area contributed by atoms with E-state index in [0.29, 0.717) is 23.7 Å². The van der Waals surface area contributed by atoms with Crippen molar-refractivity contribution in [2.24, 2.45) is 20.5 Å². The van der Waals surface area contributed by atoms with E-state index in [1.165, 1.54) is 16.7 Å². The molecule has 2 aromatic carbocycles. The van der Waals surface area contributed by atoms with E-state index in [1.807, 2.05) is 18.4 Å². The molecule has 0 aliphatic heterocycles. The predicted molar refractivity (Wildman–Crippen MR) is 158 cm³/mol. The number of non-ortho nitro benzene ring substituents is 2. The number of nitro benzene ring substituents is 2. The van der Waals surface area contributed by atoms with Crippen LogP contribution in [0.3, 0.4) is 0 Å². The summed E-state index contributed by atoms with van der Waals surface area (Å²) < 4.78 is 4.04. The van der Waals surface area contributed by atoms with Crippen LogP contribution in [0.4, 0.5) is 34.4 Å². The number of phenolic OH excluding ortho intramolecular Hbond substituents is 2. The van der Waals surface area contributed by atoms with Crippen LogP contribution >= 0.6 is 24.4 Å². The number of nitro groups is 2. The van der Waals surface area contributed by atoms with E-state index in [1.54, 1.807) is 6.92 Å².